The van der Waals surface area contributed by atoms with E-state index in [2.05, 4.69) is 67.7 Å². The Morgan fingerprint density at radius 1 is 0.667 bits per heavy atom. The molecule has 0 aromatic heterocycles. The van der Waals surface area contributed by atoms with Crippen molar-refractivity contribution in [1.29, 1.82) is 0 Å². The second kappa shape index (κ2) is 11.9. The molecule has 2 rings (SSSR count). The van der Waals surface area contributed by atoms with E-state index in [0.717, 1.165) is 6.42 Å². The summed E-state index contributed by atoms with van der Waals surface area (Å²) < 4.78 is 39.0. The van der Waals surface area contributed by atoms with Gasteiger partial charge in [0.2, 0.25) is 0 Å². The minimum atomic E-state index is -6.00. The van der Waals surface area contributed by atoms with Crippen LogP contribution < -0.4 is 0 Å². The molecule has 139 valence electrons. The van der Waals surface area contributed by atoms with Gasteiger partial charge in [-0.25, -0.2) is 0 Å². The molecule has 2 aliphatic rings. The fraction of sp³-hybridized carbons (Fsp3) is 0.444. The maximum Gasteiger partial charge on any atom is 0.673 e. The van der Waals surface area contributed by atoms with Gasteiger partial charge in [0.15, 0.2) is 0 Å². The molecule has 0 aromatic carbocycles. The maximum atomic E-state index is 9.75. The van der Waals surface area contributed by atoms with E-state index in [4.69, 9.17) is 0 Å². The quantitative estimate of drug-likeness (QED) is 0.254. The summed E-state index contributed by atoms with van der Waals surface area (Å²) in [6.07, 6.45) is 7.72. The third-order valence-corrected chi connectivity index (χ3v) is 4.36. The fourth-order valence-corrected chi connectivity index (χ4v) is 2.19. The average Bonchev–Trinajstić information content (AvgIpc) is 2.59. The van der Waals surface area contributed by atoms with Crippen LogP contribution in [-0.2, 0) is 20.1 Å². The molecule has 0 atom stereocenters. The van der Waals surface area contributed by atoms with Crippen molar-refractivity contribution in [1.82, 2.24) is 0 Å². The molecule has 0 spiro atoms. The van der Waals surface area contributed by atoms with Gasteiger partial charge in [0.1, 0.15) is 0 Å². The van der Waals surface area contributed by atoms with Gasteiger partial charge in [-0.3, -0.25) is 0 Å². The number of hydrogen-bond acceptors (Lipinski definition) is 0. The molecule has 0 aliphatic heterocycles. The first-order valence-electron chi connectivity index (χ1n) is 7.60. The summed E-state index contributed by atoms with van der Waals surface area (Å²) in [6, 6.07) is 0. The Bertz CT molecular complexity index is 264. The summed E-state index contributed by atoms with van der Waals surface area (Å²) in [5.41, 5.74) is 0. The van der Waals surface area contributed by atoms with E-state index in [1.165, 1.54) is 41.4 Å². The molecule has 0 N–H and O–H groups in total. The second-order valence-corrected chi connectivity index (χ2v) is 5.83. The van der Waals surface area contributed by atoms with Crippen molar-refractivity contribution >= 4 is 7.25 Å². The van der Waals surface area contributed by atoms with E-state index < -0.39 is 7.25 Å². The van der Waals surface area contributed by atoms with E-state index in [9.17, 15) is 17.3 Å². The van der Waals surface area contributed by atoms with Gasteiger partial charge in [-0.05, 0) is 67.1 Å². The predicted molar refractivity (Wildman–Crippen MR) is 90.1 cm³/mol. The van der Waals surface area contributed by atoms with E-state index in [1.807, 2.05) is 0 Å². The van der Waals surface area contributed by atoms with E-state index >= 15 is 0 Å². The zero-order valence-electron chi connectivity index (χ0n) is 15.4. The smallest absolute Gasteiger partial charge is 0.418 e. The van der Waals surface area contributed by atoms with Crippen molar-refractivity contribution in [3.05, 3.63) is 60.7 Å². The molecule has 0 bridgehead atoms. The topological polar surface area (TPSA) is 0 Å². The first-order valence-corrected chi connectivity index (χ1v) is 7.60. The number of rotatable bonds is 0. The van der Waals surface area contributed by atoms with Crippen LogP contribution >= 0.6 is 0 Å². The van der Waals surface area contributed by atoms with Gasteiger partial charge in [-0.2, -0.15) is 0 Å². The molecule has 0 amide bonds. The van der Waals surface area contributed by atoms with Gasteiger partial charge >= 0.3 is 7.25 Å². The molecule has 0 nitrogen and oxygen atoms in total. The van der Waals surface area contributed by atoms with Crippen LogP contribution in [0.5, 0.6) is 0 Å². The monoisotopic (exact) mass is 522 g/mol. The normalized spacial score (nSPS) is 23.1. The molecule has 6 heteroatoms. The van der Waals surface area contributed by atoms with Crippen LogP contribution in [-0.4, -0.2) is 7.25 Å². The molecule has 2 saturated carbocycles. The van der Waals surface area contributed by atoms with Crippen LogP contribution in [0.25, 0.3) is 0 Å². The Kier molecular flexibility index (Phi) is 13.3. The van der Waals surface area contributed by atoms with Crippen LogP contribution in [0.1, 0.15) is 54.9 Å². The summed E-state index contributed by atoms with van der Waals surface area (Å²) in [5.74, 6) is 10.2. The Balaban J connectivity index is 0. The largest absolute Gasteiger partial charge is 0.673 e. The van der Waals surface area contributed by atoms with Gasteiger partial charge in [0, 0.05) is 20.1 Å². The molecule has 24 heavy (non-hydrogen) atoms. The third kappa shape index (κ3) is 10.4. The first kappa shape index (κ1) is 26.7. The maximum absolute atomic E-state index is 9.75. The number of hydrogen-bond donors (Lipinski definition) is 0. The molecule has 2 fully saturated rings. The van der Waals surface area contributed by atoms with Crippen LogP contribution in [0.15, 0.2) is 0 Å². The van der Waals surface area contributed by atoms with Crippen molar-refractivity contribution in [2.45, 2.75) is 54.9 Å². The summed E-state index contributed by atoms with van der Waals surface area (Å²) in [7, 11) is -6.00. The third-order valence-electron chi connectivity index (χ3n) is 4.36. The summed E-state index contributed by atoms with van der Waals surface area (Å²) >= 11 is 0. The van der Waals surface area contributed by atoms with E-state index in [0.29, 0.717) is 0 Å². The molecule has 2 aliphatic carbocycles. The fourth-order valence-electron chi connectivity index (χ4n) is 2.19. The summed E-state index contributed by atoms with van der Waals surface area (Å²) in [5, 5.41) is 0. The predicted octanol–water partition coefficient (Wildman–Crippen LogP) is 6.46. The molecule has 0 saturated heterocycles. The Morgan fingerprint density at radius 2 is 0.958 bits per heavy atom. The van der Waals surface area contributed by atoms with Gasteiger partial charge in [-0.1, -0.05) is 48.5 Å². The zero-order valence-corrected chi connectivity index (χ0v) is 17.8. The van der Waals surface area contributed by atoms with E-state index in [-0.39, 0.29) is 20.1 Å². The first-order chi connectivity index (χ1) is 10.4. The van der Waals surface area contributed by atoms with Gasteiger partial charge < -0.3 is 17.3 Å². The Hall–Kier alpha value is 0.434. The summed E-state index contributed by atoms with van der Waals surface area (Å²) in [4.78, 5) is 0. The van der Waals surface area contributed by atoms with Crippen LogP contribution in [0.2, 0.25) is 0 Å². The standard InChI is InChI=1S/C10H15.C8H11.BF4.Ir/c1-6-7(2)9(4)10(5)8(6)3;1-7-5-3-4-6-8(7)2;2-1(3,4)5;/h1-5H3;3,5-6H,4H2,1-2H3;;/q;;-1;. The zero-order chi connectivity index (χ0) is 18.4. The van der Waals surface area contributed by atoms with Gasteiger partial charge in [-0.15, -0.1) is 0 Å². The van der Waals surface area contributed by atoms with Crippen molar-refractivity contribution in [2.75, 3.05) is 0 Å². The van der Waals surface area contributed by atoms with Crippen LogP contribution in [0.4, 0.5) is 17.3 Å². The Morgan fingerprint density at radius 3 is 1.12 bits per heavy atom. The van der Waals surface area contributed by atoms with Crippen LogP contribution in [0.3, 0.4) is 0 Å². The van der Waals surface area contributed by atoms with Crippen LogP contribution in [0, 0.1) is 60.7 Å². The average molecular weight is 521 g/mol. The molecule has 0 aromatic rings. The second-order valence-electron chi connectivity index (χ2n) is 5.83. The molecule has 0 unspecified atom stereocenters. The number of halogens is 4. The minimum Gasteiger partial charge on any atom is -0.418 e. The van der Waals surface area contributed by atoms with Gasteiger partial charge in [0.25, 0.3) is 0 Å². The molecule has 11 radical (unpaired) electrons. The minimum absolute atomic E-state index is 0. The Labute approximate surface area is 160 Å². The molecular weight excluding hydrogens is 495 g/mol. The van der Waals surface area contributed by atoms with E-state index in [1.54, 1.807) is 0 Å². The SMILES string of the molecule is C[C]1[CH][CH]C[CH][C]1C.C[C]1[C](C)[C](C)[C](C)[C]1C.F[B-](F)(F)F.[Ir]. The van der Waals surface area contributed by atoms with Crippen molar-refractivity contribution < 1.29 is 37.4 Å². The van der Waals surface area contributed by atoms with Crippen molar-refractivity contribution in [3.8, 4) is 0 Å². The molecular formula is C18H26BF4Ir-. The van der Waals surface area contributed by atoms with Crippen molar-refractivity contribution in [3.63, 3.8) is 0 Å². The summed E-state index contributed by atoms with van der Waals surface area (Å²) in [6.45, 7) is 15.3. The van der Waals surface area contributed by atoms with Crippen molar-refractivity contribution in [2.24, 2.45) is 0 Å². The van der Waals surface area contributed by atoms with Gasteiger partial charge in [0.05, 0.1) is 0 Å². The molecule has 0 heterocycles.